The Hall–Kier alpha value is -2.56. The van der Waals surface area contributed by atoms with Crippen LogP contribution in [-0.4, -0.2) is 29.6 Å². The first-order valence-electron chi connectivity index (χ1n) is 7.85. The molecule has 3 rings (SSSR count). The molecule has 1 aromatic heterocycles. The molecular formula is C18H21N3O2. The second-order valence-electron chi connectivity index (χ2n) is 6.00. The molecule has 0 aliphatic carbocycles. The smallest absolute Gasteiger partial charge is 0.251 e. The van der Waals surface area contributed by atoms with Gasteiger partial charge in [-0.05, 0) is 31.0 Å². The molecule has 5 heteroatoms. The number of benzene rings is 1. The van der Waals surface area contributed by atoms with Gasteiger partial charge in [0.25, 0.3) is 11.5 Å². The van der Waals surface area contributed by atoms with E-state index in [0.29, 0.717) is 18.2 Å². The normalized spacial score (nSPS) is 16.3. The zero-order valence-electron chi connectivity index (χ0n) is 13.5. The van der Waals surface area contributed by atoms with Crippen LogP contribution in [0, 0.1) is 0 Å². The molecule has 1 aliphatic heterocycles. The van der Waals surface area contributed by atoms with Gasteiger partial charge in [0.2, 0.25) is 0 Å². The number of aryl methyl sites for hydroxylation is 1. The van der Waals surface area contributed by atoms with Gasteiger partial charge in [0, 0.05) is 49.7 Å². The summed E-state index contributed by atoms with van der Waals surface area (Å²) in [7, 11) is 1.66. The third-order valence-corrected chi connectivity index (χ3v) is 4.35. The van der Waals surface area contributed by atoms with E-state index < -0.39 is 0 Å². The summed E-state index contributed by atoms with van der Waals surface area (Å²) in [4.78, 5) is 26.0. The van der Waals surface area contributed by atoms with Crippen molar-refractivity contribution in [2.75, 3.05) is 18.0 Å². The quantitative estimate of drug-likeness (QED) is 0.932. The summed E-state index contributed by atoms with van der Waals surface area (Å²) in [5.41, 5.74) is 2.84. The minimum Gasteiger partial charge on any atom is -0.367 e. The fraction of sp³-hybridized carbons (Fsp3) is 0.333. The van der Waals surface area contributed by atoms with E-state index in [9.17, 15) is 9.59 Å². The summed E-state index contributed by atoms with van der Waals surface area (Å²) in [6.45, 7) is 3.50. The molecule has 23 heavy (non-hydrogen) atoms. The Bertz CT molecular complexity index is 782. The number of fused-ring (bicyclic) bond motifs is 1. The molecule has 1 amide bonds. The van der Waals surface area contributed by atoms with Crippen LogP contribution in [-0.2, 0) is 13.5 Å². The molecule has 2 aromatic rings. The van der Waals surface area contributed by atoms with Crippen molar-refractivity contribution in [2.45, 2.75) is 19.4 Å². The monoisotopic (exact) mass is 311 g/mol. The van der Waals surface area contributed by atoms with Crippen molar-refractivity contribution in [3.05, 3.63) is 64.1 Å². The molecule has 1 N–H and O–H groups in total. The van der Waals surface area contributed by atoms with Gasteiger partial charge in [-0.3, -0.25) is 9.59 Å². The van der Waals surface area contributed by atoms with Crippen LogP contribution in [0.5, 0.6) is 0 Å². The molecule has 0 fully saturated rings. The van der Waals surface area contributed by atoms with E-state index in [1.807, 2.05) is 6.07 Å². The number of aromatic nitrogens is 1. The lowest BCUT2D eigenvalue weighted by Gasteiger charge is -2.25. The van der Waals surface area contributed by atoms with E-state index in [4.69, 9.17) is 0 Å². The van der Waals surface area contributed by atoms with Crippen LogP contribution in [0.25, 0.3) is 0 Å². The van der Waals surface area contributed by atoms with Crippen molar-refractivity contribution in [1.29, 1.82) is 0 Å². The Labute approximate surface area is 135 Å². The number of hydrogen-bond donors (Lipinski definition) is 1. The highest BCUT2D eigenvalue weighted by Crippen LogP contribution is 2.31. The van der Waals surface area contributed by atoms with Crippen molar-refractivity contribution in [1.82, 2.24) is 9.88 Å². The average molecular weight is 311 g/mol. The molecule has 120 valence electrons. The molecule has 0 radical (unpaired) electrons. The van der Waals surface area contributed by atoms with Crippen molar-refractivity contribution >= 4 is 11.6 Å². The second kappa shape index (κ2) is 6.28. The van der Waals surface area contributed by atoms with Crippen molar-refractivity contribution in [3.8, 4) is 0 Å². The number of carbonyl (C=O) groups is 1. The third-order valence-electron chi connectivity index (χ3n) is 4.35. The van der Waals surface area contributed by atoms with Crippen molar-refractivity contribution in [3.63, 3.8) is 0 Å². The Kier molecular flexibility index (Phi) is 4.19. The standard InChI is InChI=1S/C18H21N3O2/c1-13-11-14-5-3-4-6-16(14)21(13)10-8-19-18(23)15-7-9-20(2)17(22)12-15/h3-7,9,12-13H,8,10-11H2,1-2H3,(H,19,23). The Balaban J connectivity index is 1.60. The summed E-state index contributed by atoms with van der Waals surface area (Å²) >= 11 is 0. The number of pyridine rings is 1. The van der Waals surface area contributed by atoms with Gasteiger partial charge in [-0.15, -0.1) is 0 Å². The zero-order valence-corrected chi connectivity index (χ0v) is 13.5. The van der Waals surface area contributed by atoms with Gasteiger partial charge < -0.3 is 14.8 Å². The third kappa shape index (κ3) is 3.13. The lowest BCUT2D eigenvalue weighted by atomic mass is 10.1. The Morgan fingerprint density at radius 1 is 1.30 bits per heavy atom. The maximum Gasteiger partial charge on any atom is 0.251 e. The first-order chi connectivity index (χ1) is 11.1. The minimum absolute atomic E-state index is 0.181. The average Bonchev–Trinajstić information content (AvgIpc) is 2.86. The van der Waals surface area contributed by atoms with Crippen LogP contribution >= 0.6 is 0 Å². The topological polar surface area (TPSA) is 54.3 Å². The number of hydrogen-bond acceptors (Lipinski definition) is 3. The number of rotatable bonds is 4. The van der Waals surface area contributed by atoms with Crippen LogP contribution in [0.3, 0.4) is 0 Å². The lowest BCUT2D eigenvalue weighted by Crippen LogP contribution is -2.38. The van der Waals surface area contributed by atoms with E-state index in [2.05, 4.69) is 35.3 Å². The molecule has 1 atom stereocenters. The van der Waals surface area contributed by atoms with Crippen LogP contribution in [0.4, 0.5) is 5.69 Å². The molecule has 0 bridgehead atoms. The van der Waals surface area contributed by atoms with E-state index in [1.165, 1.54) is 21.9 Å². The molecular weight excluding hydrogens is 290 g/mol. The second-order valence-corrected chi connectivity index (χ2v) is 6.00. The van der Waals surface area contributed by atoms with Gasteiger partial charge in [0.15, 0.2) is 0 Å². The maximum absolute atomic E-state index is 12.1. The first-order valence-corrected chi connectivity index (χ1v) is 7.85. The highest BCUT2D eigenvalue weighted by atomic mass is 16.2. The summed E-state index contributed by atoms with van der Waals surface area (Å²) in [5.74, 6) is -0.206. The zero-order chi connectivity index (χ0) is 16.4. The van der Waals surface area contributed by atoms with E-state index in [0.717, 1.165) is 13.0 Å². The number of carbonyl (C=O) groups excluding carboxylic acids is 1. The maximum atomic E-state index is 12.1. The molecule has 0 spiro atoms. The summed E-state index contributed by atoms with van der Waals surface area (Å²) in [6.07, 6.45) is 2.65. The summed E-state index contributed by atoms with van der Waals surface area (Å²) < 4.78 is 1.44. The van der Waals surface area contributed by atoms with Crippen molar-refractivity contribution in [2.24, 2.45) is 7.05 Å². The van der Waals surface area contributed by atoms with E-state index >= 15 is 0 Å². The molecule has 5 nitrogen and oxygen atoms in total. The van der Waals surface area contributed by atoms with E-state index in [-0.39, 0.29) is 11.5 Å². The fourth-order valence-electron chi connectivity index (χ4n) is 3.05. The highest BCUT2D eigenvalue weighted by molar-refractivity contribution is 5.93. The first kappa shape index (κ1) is 15.3. The predicted molar refractivity (Wildman–Crippen MR) is 91.0 cm³/mol. The number of amides is 1. The van der Waals surface area contributed by atoms with E-state index in [1.54, 1.807) is 19.3 Å². The fourth-order valence-corrected chi connectivity index (χ4v) is 3.05. The minimum atomic E-state index is -0.206. The number of para-hydroxylation sites is 1. The van der Waals surface area contributed by atoms with Crippen LogP contribution in [0.2, 0.25) is 0 Å². The Morgan fingerprint density at radius 3 is 2.87 bits per heavy atom. The summed E-state index contributed by atoms with van der Waals surface area (Å²) in [6, 6.07) is 11.8. The largest absolute Gasteiger partial charge is 0.367 e. The highest BCUT2D eigenvalue weighted by Gasteiger charge is 2.24. The number of nitrogens with one attached hydrogen (secondary N) is 1. The molecule has 2 heterocycles. The van der Waals surface area contributed by atoms with Gasteiger partial charge in [0.05, 0.1) is 0 Å². The molecule has 1 unspecified atom stereocenters. The lowest BCUT2D eigenvalue weighted by molar-refractivity contribution is 0.0954. The van der Waals surface area contributed by atoms with Gasteiger partial charge >= 0.3 is 0 Å². The van der Waals surface area contributed by atoms with Gasteiger partial charge in [-0.2, -0.15) is 0 Å². The molecule has 0 saturated carbocycles. The predicted octanol–water partition coefficient (Wildman–Crippen LogP) is 1.57. The van der Waals surface area contributed by atoms with Crippen LogP contribution in [0.15, 0.2) is 47.4 Å². The number of nitrogens with zero attached hydrogens (tertiary/aromatic N) is 2. The molecule has 0 saturated heterocycles. The van der Waals surface area contributed by atoms with Crippen molar-refractivity contribution < 1.29 is 4.79 Å². The number of anilines is 1. The Morgan fingerprint density at radius 2 is 2.09 bits per heavy atom. The van der Waals surface area contributed by atoms with Gasteiger partial charge in [-0.25, -0.2) is 0 Å². The van der Waals surface area contributed by atoms with Gasteiger partial charge in [0.1, 0.15) is 0 Å². The van der Waals surface area contributed by atoms with Gasteiger partial charge in [-0.1, -0.05) is 18.2 Å². The van der Waals surface area contributed by atoms with Crippen LogP contribution in [0.1, 0.15) is 22.8 Å². The molecule has 1 aliphatic rings. The SMILES string of the molecule is CC1Cc2ccccc2N1CCNC(=O)c1ccn(C)c(=O)c1. The molecule has 1 aromatic carbocycles. The van der Waals surface area contributed by atoms with Crippen LogP contribution < -0.4 is 15.8 Å². The summed E-state index contributed by atoms with van der Waals surface area (Å²) in [5, 5.41) is 2.90.